The van der Waals surface area contributed by atoms with Crippen LogP contribution in [0.1, 0.15) is 39.0 Å². The number of nitrogens with one attached hydrogen (secondary N) is 1. The molecule has 142 valence electrons. The Morgan fingerprint density at radius 2 is 1.92 bits per heavy atom. The Morgan fingerprint density at radius 1 is 1.23 bits per heavy atom. The Morgan fingerprint density at radius 3 is 2.62 bits per heavy atom. The van der Waals surface area contributed by atoms with Gasteiger partial charge in [-0.15, -0.1) is 0 Å². The van der Waals surface area contributed by atoms with Crippen molar-refractivity contribution >= 4 is 27.3 Å². The average molecular weight is 380 g/mol. The molecule has 0 saturated carbocycles. The fourth-order valence-electron chi connectivity index (χ4n) is 3.28. The largest absolute Gasteiger partial charge is 0.482 e. The number of carbonyl (C=O) groups excluding carboxylic acids is 2. The summed E-state index contributed by atoms with van der Waals surface area (Å²) in [6.45, 7) is 2.88. The number of amides is 2. The quantitative estimate of drug-likeness (QED) is 0.862. The number of likely N-dealkylation sites (tertiary alicyclic amines) is 1. The van der Waals surface area contributed by atoms with Gasteiger partial charge in [0.25, 0.3) is 5.91 Å². The number of rotatable bonds is 4. The van der Waals surface area contributed by atoms with Crippen LogP contribution in [0.2, 0.25) is 0 Å². The molecule has 1 fully saturated rings. The highest BCUT2D eigenvalue weighted by Gasteiger charge is 2.29. The summed E-state index contributed by atoms with van der Waals surface area (Å²) in [7, 11) is -3.69. The molecule has 26 heavy (non-hydrogen) atoms. The van der Waals surface area contributed by atoms with Gasteiger partial charge in [0.15, 0.2) is 16.4 Å². The molecule has 2 amide bonds. The maximum atomic E-state index is 12.9. The predicted molar refractivity (Wildman–Crippen MR) is 96.9 cm³/mol. The topological polar surface area (TPSA) is 92.8 Å². The van der Waals surface area contributed by atoms with E-state index in [-0.39, 0.29) is 29.7 Å². The zero-order valence-corrected chi connectivity index (χ0v) is 15.7. The second-order valence-electron chi connectivity index (χ2n) is 6.85. The number of carbonyl (C=O) groups is 2. The van der Waals surface area contributed by atoms with Crippen LogP contribution in [0.15, 0.2) is 23.1 Å². The monoisotopic (exact) mass is 380 g/mol. The molecule has 1 atom stereocenters. The van der Waals surface area contributed by atoms with Gasteiger partial charge in [0.05, 0.1) is 15.8 Å². The lowest BCUT2D eigenvalue weighted by atomic mass is 10.2. The average Bonchev–Trinajstić information content (AvgIpc) is 2.90. The van der Waals surface area contributed by atoms with Crippen molar-refractivity contribution in [3.05, 3.63) is 18.2 Å². The van der Waals surface area contributed by atoms with E-state index in [1.54, 1.807) is 11.8 Å². The maximum absolute atomic E-state index is 12.9. The summed E-state index contributed by atoms with van der Waals surface area (Å²) in [5.74, 6) is 0.00542. The number of anilines is 1. The predicted octanol–water partition coefficient (Wildman–Crippen LogP) is 1.97. The molecule has 8 heteroatoms. The Bertz CT molecular complexity index is 798. The minimum absolute atomic E-state index is 0.0394. The van der Waals surface area contributed by atoms with Gasteiger partial charge in [0.2, 0.25) is 5.91 Å². The first kappa shape index (κ1) is 18.7. The van der Waals surface area contributed by atoms with Gasteiger partial charge in [-0.25, -0.2) is 8.42 Å². The number of nitrogens with zero attached hydrogens (tertiary/aromatic N) is 1. The van der Waals surface area contributed by atoms with E-state index in [0.717, 1.165) is 25.7 Å². The van der Waals surface area contributed by atoms with E-state index in [1.165, 1.54) is 18.2 Å². The third kappa shape index (κ3) is 4.00. The minimum Gasteiger partial charge on any atom is -0.482 e. The lowest BCUT2D eigenvalue weighted by molar-refractivity contribution is -0.131. The van der Waals surface area contributed by atoms with Gasteiger partial charge in [-0.3, -0.25) is 9.59 Å². The second-order valence-corrected chi connectivity index (χ2v) is 9.22. The Balaban J connectivity index is 1.73. The van der Waals surface area contributed by atoms with Crippen molar-refractivity contribution in [3.63, 3.8) is 0 Å². The van der Waals surface area contributed by atoms with E-state index in [1.807, 2.05) is 0 Å². The van der Waals surface area contributed by atoms with Crippen LogP contribution in [-0.2, 0) is 19.4 Å². The molecular formula is C18H24N2O5S. The first-order valence-electron chi connectivity index (χ1n) is 8.96. The van der Waals surface area contributed by atoms with Crippen LogP contribution in [0.25, 0.3) is 0 Å². The molecule has 7 nitrogen and oxygen atoms in total. The molecule has 1 aromatic carbocycles. The van der Waals surface area contributed by atoms with E-state index in [0.29, 0.717) is 24.5 Å². The first-order valence-corrected chi connectivity index (χ1v) is 10.5. The van der Waals surface area contributed by atoms with Crippen molar-refractivity contribution in [3.8, 4) is 5.75 Å². The summed E-state index contributed by atoms with van der Waals surface area (Å²) in [5.41, 5.74) is 0.341. The van der Waals surface area contributed by atoms with Gasteiger partial charge >= 0.3 is 0 Å². The van der Waals surface area contributed by atoms with Crippen LogP contribution in [0.4, 0.5) is 5.69 Å². The summed E-state index contributed by atoms with van der Waals surface area (Å²) < 4.78 is 31.0. The fourth-order valence-corrected chi connectivity index (χ4v) is 4.64. The molecular weight excluding hydrogens is 356 g/mol. The molecule has 1 N–H and O–H groups in total. The Kier molecular flexibility index (Phi) is 5.50. The number of fused-ring (bicyclic) bond motifs is 1. The summed E-state index contributed by atoms with van der Waals surface area (Å²) in [6, 6.07) is 4.39. The third-order valence-electron chi connectivity index (χ3n) is 4.86. The zero-order valence-electron chi connectivity index (χ0n) is 14.9. The van der Waals surface area contributed by atoms with E-state index in [2.05, 4.69) is 5.32 Å². The molecule has 0 aromatic heterocycles. The molecule has 1 aromatic rings. The zero-order chi connectivity index (χ0) is 18.7. The fraction of sp³-hybridized carbons (Fsp3) is 0.556. The molecule has 0 radical (unpaired) electrons. The van der Waals surface area contributed by atoms with Crippen LogP contribution in [0.3, 0.4) is 0 Å². The van der Waals surface area contributed by atoms with Crippen molar-refractivity contribution in [1.82, 2.24) is 4.90 Å². The number of hydrogen-bond acceptors (Lipinski definition) is 5. The molecule has 0 bridgehead atoms. The first-order chi connectivity index (χ1) is 12.4. The molecule has 0 aliphatic carbocycles. The highest BCUT2D eigenvalue weighted by Crippen LogP contribution is 2.31. The SMILES string of the molecule is C[C@@H](CC(=O)N1CCCCCC1)S(=O)(=O)c1ccc2c(c1)NC(=O)CO2. The van der Waals surface area contributed by atoms with Crippen molar-refractivity contribution in [2.75, 3.05) is 25.0 Å². The standard InChI is InChI=1S/C18H24N2O5S/c1-13(10-18(22)20-8-4-2-3-5-9-20)26(23,24)14-6-7-16-15(11-14)19-17(21)12-25-16/h6-7,11,13H,2-5,8-10,12H2,1H3,(H,19,21)/t13-/m0/s1. The number of hydrogen-bond donors (Lipinski definition) is 1. The number of ether oxygens (including phenoxy) is 1. The molecule has 0 unspecified atom stereocenters. The van der Waals surface area contributed by atoms with Crippen LogP contribution in [0, 0.1) is 0 Å². The Hall–Kier alpha value is -2.09. The van der Waals surface area contributed by atoms with Gasteiger partial charge in [-0.05, 0) is 38.0 Å². The van der Waals surface area contributed by atoms with Crippen molar-refractivity contribution in [2.45, 2.75) is 49.2 Å². The number of sulfone groups is 1. The van der Waals surface area contributed by atoms with Crippen LogP contribution < -0.4 is 10.1 Å². The smallest absolute Gasteiger partial charge is 0.262 e. The van der Waals surface area contributed by atoms with Crippen LogP contribution >= 0.6 is 0 Å². The Labute approximate surface area is 153 Å². The van der Waals surface area contributed by atoms with Gasteiger partial charge in [-0.1, -0.05) is 12.8 Å². The molecule has 2 heterocycles. The minimum atomic E-state index is -3.69. The molecule has 0 spiro atoms. The van der Waals surface area contributed by atoms with Crippen molar-refractivity contribution in [1.29, 1.82) is 0 Å². The summed E-state index contributed by atoms with van der Waals surface area (Å²) in [5, 5.41) is 1.77. The van der Waals surface area contributed by atoms with Crippen LogP contribution in [0.5, 0.6) is 5.75 Å². The summed E-state index contributed by atoms with van der Waals surface area (Å²) in [6.07, 6.45) is 4.12. The van der Waals surface area contributed by atoms with Crippen molar-refractivity contribution in [2.24, 2.45) is 0 Å². The maximum Gasteiger partial charge on any atom is 0.262 e. The van der Waals surface area contributed by atoms with E-state index in [9.17, 15) is 18.0 Å². The number of benzene rings is 1. The molecule has 2 aliphatic rings. The molecule has 1 saturated heterocycles. The van der Waals surface area contributed by atoms with Crippen LogP contribution in [-0.4, -0.2) is 50.1 Å². The summed E-state index contributed by atoms with van der Waals surface area (Å²) in [4.78, 5) is 25.8. The van der Waals surface area contributed by atoms with Gasteiger partial charge in [0.1, 0.15) is 5.75 Å². The normalized spacial score (nSPS) is 19.0. The van der Waals surface area contributed by atoms with E-state index >= 15 is 0 Å². The van der Waals surface area contributed by atoms with Gasteiger partial charge < -0.3 is 15.0 Å². The van der Waals surface area contributed by atoms with Gasteiger partial charge in [0, 0.05) is 19.5 Å². The second kappa shape index (κ2) is 7.65. The third-order valence-corrected chi connectivity index (χ3v) is 7.00. The highest BCUT2D eigenvalue weighted by atomic mass is 32.2. The van der Waals surface area contributed by atoms with E-state index < -0.39 is 15.1 Å². The van der Waals surface area contributed by atoms with Crippen molar-refractivity contribution < 1.29 is 22.7 Å². The molecule has 2 aliphatic heterocycles. The van der Waals surface area contributed by atoms with Gasteiger partial charge in [-0.2, -0.15) is 0 Å². The molecule has 3 rings (SSSR count). The summed E-state index contributed by atoms with van der Waals surface area (Å²) >= 11 is 0. The highest BCUT2D eigenvalue weighted by molar-refractivity contribution is 7.92. The lowest BCUT2D eigenvalue weighted by Gasteiger charge is -2.23. The lowest BCUT2D eigenvalue weighted by Crippen LogP contribution is -2.35. The van der Waals surface area contributed by atoms with E-state index in [4.69, 9.17) is 4.74 Å².